The molecule has 0 saturated heterocycles. The highest BCUT2D eigenvalue weighted by molar-refractivity contribution is 7.84. The minimum atomic E-state index is -1.11. The molecule has 1 N–H and O–H groups in total. The van der Waals surface area contributed by atoms with E-state index in [1.807, 2.05) is 6.92 Å². The molecule has 1 atom stereocenters. The lowest BCUT2D eigenvalue weighted by Crippen LogP contribution is -2.02. The number of aryl methyl sites for hydroxylation is 1. The first kappa shape index (κ1) is 9.12. The molecule has 0 aliphatic rings. The van der Waals surface area contributed by atoms with Crippen LogP contribution in [0.3, 0.4) is 0 Å². The van der Waals surface area contributed by atoms with Crippen LogP contribution >= 0.6 is 0 Å². The quantitative estimate of drug-likeness (QED) is 0.684. The molecule has 1 unspecified atom stereocenters. The first-order valence-electron chi connectivity index (χ1n) is 3.50. The molecule has 0 spiro atoms. The monoisotopic (exact) mass is 185 g/mol. The Bertz CT molecular complexity index is 314. The maximum Gasteiger partial charge on any atom is 0.220 e. The predicted octanol–water partition coefficient (Wildman–Crippen LogP) is 0.564. The van der Waals surface area contributed by atoms with Crippen molar-refractivity contribution < 1.29 is 4.21 Å². The summed E-state index contributed by atoms with van der Waals surface area (Å²) in [7, 11) is 0.664. The molecule has 1 heterocycles. The highest BCUT2D eigenvalue weighted by Crippen LogP contribution is 2.09. The smallest absolute Gasteiger partial charge is 0.220 e. The van der Waals surface area contributed by atoms with E-state index < -0.39 is 10.8 Å². The summed E-state index contributed by atoms with van der Waals surface area (Å²) in [6.45, 7) is 1.90. The predicted molar refractivity (Wildman–Crippen MR) is 48.6 cm³/mol. The molecule has 1 aromatic heterocycles. The molecule has 1 aromatic rings. The van der Waals surface area contributed by atoms with Gasteiger partial charge in [0.2, 0.25) is 5.16 Å². The van der Waals surface area contributed by atoms with E-state index in [4.69, 9.17) is 0 Å². The van der Waals surface area contributed by atoms with Gasteiger partial charge in [0.25, 0.3) is 0 Å². The molecule has 0 aliphatic carbocycles. The second-order valence-electron chi connectivity index (χ2n) is 2.39. The molecule has 0 aromatic carbocycles. The topological polar surface area (TPSA) is 54.9 Å². The van der Waals surface area contributed by atoms with Crippen molar-refractivity contribution in [1.29, 1.82) is 0 Å². The van der Waals surface area contributed by atoms with Crippen LogP contribution in [0.4, 0.5) is 5.82 Å². The van der Waals surface area contributed by atoms with E-state index in [1.54, 1.807) is 19.5 Å². The number of anilines is 1. The van der Waals surface area contributed by atoms with Gasteiger partial charge in [-0.05, 0) is 6.92 Å². The van der Waals surface area contributed by atoms with Crippen molar-refractivity contribution in [3.8, 4) is 0 Å². The Kier molecular flexibility index (Phi) is 2.75. The number of hydrogen-bond donors (Lipinski definition) is 1. The standard InChI is InChI=1S/C7H11N3OS/c1-5-4-9-7(12(3)11)10-6(5)8-2/h4H,1-3H3,(H,8,9,10). The Labute approximate surface area is 73.9 Å². The second-order valence-corrected chi connectivity index (χ2v) is 3.66. The van der Waals surface area contributed by atoms with Crippen LogP contribution in [-0.4, -0.2) is 27.5 Å². The zero-order valence-corrected chi connectivity index (χ0v) is 8.10. The molecule has 0 amide bonds. The average molecular weight is 185 g/mol. The SMILES string of the molecule is CNc1nc(S(C)=O)ncc1C. The van der Waals surface area contributed by atoms with Gasteiger partial charge in [-0.1, -0.05) is 0 Å². The second kappa shape index (κ2) is 3.62. The van der Waals surface area contributed by atoms with E-state index in [0.29, 0.717) is 5.16 Å². The van der Waals surface area contributed by atoms with Crippen LogP contribution in [-0.2, 0) is 10.8 Å². The summed E-state index contributed by atoms with van der Waals surface area (Å²) in [6.07, 6.45) is 3.22. The number of hydrogen-bond acceptors (Lipinski definition) is 4. The molecule has 66 valence electrons. The zero-order chi connectivity index (χ0) is 9.14. The van der Waals surface area contributed by atoms with Gasteiger partial charge in [-0.3, -0.25) is 4.21 Å². The van der Waals surface area contributed by atoms with Crippen molar-refractivity contribution in [3.63, 3.8) is 0 Å². The van der Waals surface area contributed by atoms with Gasteiger partial charge < -0.3 is 5.32 Å². The Morgan fingerprint density at radius 3 is 2.75 bits per heavy atom. The van der Waals surface area contributed by atoms with E-state index in [1.165, 1.54) is 0 Å². The van der Waals surface area contributed by atoms with Gasteiger partial charge >= 0.3 is 0 Å². The van der Waals surface area contributed by atoms with Crippen LogP contribution in [0.15, 0.2) is 11.4 Å². The van der Waals surface area contributed by atoms with Crippen LogP contribution in [0.25, 0.3) is 0 Å². The fraction of sp³-hybridized carbons (Fsp3) is 0.429. The van der Waals surface area contributed by atoms with Crippen molar-refractivity contribution in [3.05, 3.63) is 11.8 Å². The summed E-state index contributed by atoms with van der Waals surface area (Å²) < 4.78 is 11.0. The number of aromatic nitrogens is 2. The van der Waals surface area contributed by atoms with Gasteiger partial charge in [0, 0.05) is 25.1 Å². The molecule has 0 fully saturated rings. The van der Waals surface area contributed by atoms with Crippen molar-refractivity contribution in [2.45, 2.75) is 12.1 Å². The Hall–Kier alpha value is -0.970. The molecule has 5 heteroatoms. The largest absolute Gasteiger partial charge is 0.373 e. The van der Waals surface area contributed by atoms with Gasteiger partial charge in [0.05, 0.1) is 10.8 Å². The van der Waals surface area contributed by atoms with E-state index in [2.05, 4.69) is 15.3 Å². The Morgan fingerprint density at radius 2 is 2.25 bits per heavy atom. The molecule has 0 saturated carbocycles. The van der Waals surface area contributed by atoms with Crippen LogP contribution < -0.4 is 5.32 Å². The lowest BCUT2D eigenvalue weighted by atomic mass is 10.3. The van der Waals surface area contributed by atoms with Crippen molar-refractivity contribution in [1.82, 2.24) is 9.97 Å². The fourth-order valence-corrected chi connectivity index (χ4v) is 1.24. The molecular weight excluding hydrogens is 174 g/mol. The molecule has 0 radical (unpaired) electrons. The summed E-state index contributed by atoms with van der Waals surface area (Å²) in [6, 6.07) is 0. The fourth-order valence-electron chi connectivity index (χ4n) is 0.817. The van der Waals surface area contributed by atoms with Crippen molar-refractivity contribution in [2.75, 3.05) is 18.6 Å². The lowest BCUT2D eigenvalue weighted by Gasteiger charge is -2.03. The average Bonchev–Trinajstić information content (AvgIpc) is 2.05. The third kappa shape index (κ3) is 1.79. The third-order valence-electron chi connectivity index (χ3n) is 1.44. The van der Waals surface area contributed by atoms with Gasteiger partial charge in [0.1, 0.15) is 5.82 Å². The van der Waals surface area contributed by atoms with Gasteiger partial charge in [-0.25, -0.2) is 9.97 Å². The van der Waals surface area contributed by atoms with Gasteiger partial charge in [-0.15, -0.1) is 0 Å². The summed E-state index contributed by atoms with van der Waals surface area (Å²) in [4.78, 5) is 8.00. The minimum Gasteiger partial charge on any atom is -0.373 e. The van der Waals surface area contributed by atoms with Crippen LogP contribution in [0.5, 0.6) is 0 Å². The lowest BCUT2D eigenvalue weighted by molar-refractivity contribution is 0.679. The summed E-state index contributed by atoms with van der Waals surface area (Å²) in [5, 5.41) is 3.27. The highest BCUT2D eigenvalue weighted by atomic mass is 32.2. The maximum atomic E-state index is 11.0. The third-order valence-corrected chi connectivity index (χ3v) is 2.15. The summed E-state index contributed by atoms with van der Waals surface area (Å²) in [5.41, 5.74) is 0.951. The molecular formula is C7H11N3OS. The van der Waals surface area contributed by atoms with Crippen LogP contribution in [0.1, 0.15) is 5.56 Å². The Morgan fingerprint density at radius 1 is 1.58 bits per heavy atom. The van der Waals surface area contributed by atoms with Crippen molar-refractivity contribution >= 4 is 16.6 Å². The first-order chi connectivity index (χ1) is 5.65. The molecule has 0 aliphatic heterocycles. The maximum absolute atomic E-state index is 11.0. The number of rotatable bonds is 2. The van der Waals surface area contributed by atoms with Crippen LogP contribution in [0, 0.1) is 6.92 Å². The zero-order valence-electron chi connectivity index (χ0n) is 7.29. The normalized spacial score (nSPS) is 12.6. The number of nitrogens with one attached hydrogen (secondary N) is 1. The van der Waals surface area contributed by atoms with E-state index in [-0.39, 0.29) is 0 Å². The molecule has 1 rings (SSSR count). The van der Waals surface area contributed by atoms with Crippen molar-refractivity contribution in [2.24, 2.45) is 0 Å². The summed E-state index contributed by atoms with van der Waals surface area (Å²) >= 11 is 0. The van der Waals surface area contributed by atoms with Crippen LogP contribution in [0.2, 0.25) is 0 Å². The van der Waals surface area contributed by atoms with E-state index >= 15 is 0 Å². The number of nitrogens with zero attached hydrogens (tertiary/aromatic N) is 2. The first-order valence-corrected chi connectivity index (χ1v) is 5.05. The molecule has 0 bridgehead atoms. The molecule has 4 nitrogen and oxygen atoms in total. The highest BCUT2D eigenvalue weighted by Gasteiger charge is 2.04. The molecule has 12 heavy (non-hydrogen) atoms. The summed E-state index contributed by atoms with van der Waals surface area (Å²) in [5.74, 6) is 0.732. The van der Waals surface area contributed by atoms with E-state index in [9.17, 15) is 4.21 Å². The van der Waals surface area contributed by atoms with Gasteiger partial charge in [-0.2, -0.15) is 0 Å². The minimum absolute atomic E-state index is 0.366. The van der Waals surface area contributed by atoms with E-state index in [0.717, 1.165) is 11.4 Å². The van der Waals surface area contributed by atoms with Gasteiger partial charge in [0.15, 0.2) is 0 Å². The Balaban J connectivity index is 3.13.